The number of nitrogen functional groups attached to an aromatic ring is 1. The standard InChI is InChI=1S/C20H22N4O2S/c1-3-26-17-10-8-15(9-11-17)12-18-19(25)24(21)20(23-22-18)27-13-16-7-5-4-6-14(16)2/h4-11H,3,12-13,21H2,1-2H3. The van der Waals surface area contributed by atoms with Crippen molar-refractivity contribution in [3.8, 4) is 5.75 Å². The number of hydrogen-bond donors (Lipinski definition) is 1. The monoisotopic (exact) mass is 382 g/mol. The molecule has 6 nitrogen and oxygen atoms in total. The van der Waals surface area contributed by atoms with Gasteiger partial charge in [-0.05, 0) is 42.7 Å². The predicted octanol–water partition coefficient (Wildman–Crippen LogP) is 2.94. The first-order chi connectivity index (χ1) is 13.1. The van der Waals surface area contributed by atoms with Gasteiger partial charge < -0.3 is 10.6 Å². The average molecular weight is 382 g/mol. The van der Waals surface area contributed by atoms with E-state index in [0.717, 1.165) is 16.0 Å². The van der Waals surface area contributed by atoms with Crippen LogP contribution in [0, 0.1) is 6.92 Å². The molecule has 140 valence electrons. The number of thioether (sulfide) groups is 1. The number of nitrogens with two attached hydrogens (primary N) is 1. The van der Waals surface area contributed by atoms with Crippen molar-refractivity contribution < 1.29 is 4.74 Å². The Hall–Kier alpha value is -2.80. The fourth-order valence-corrected chi connectivity index (χ4v) is 3.54. The molecule has 0 spiro atoms. The maximum absolute atomic E-state index is 12.5. The molecule has 1 aromatic heterocycles. The highest BCUT2D eigenvalue weighted by atomic mass is 32.2. The summed E-state index contributed by atoms with van der Waals surface area (Å²) in [6.45, 7) is 4.60. The van der Waals surface area contributed by atoms with Gasteiger partial charge in [0.05, 0.1) is 6.61 Å². The van der Waals surface area contributed by atoms with Gasteiger partial charge in [0, 0.05) is 12.2 Å². The third-order valence-corrected chi connectivity index (χ3v) is 5.14. The zero-order valence-corrected chi connectivity index (χ0v) is 16.2. The number of aromatic nitrogens is 3. The normalized spacial score (nSPS) is 10.7. The molecule has 0 saturated carbocycles. The first-order valence-electron chi connectivity index (χ1n) is 8.71. The quantitative estimate of drug-likeness (QED) is 0.500. The smallest absolute Gasteiger partial charge is 0.294 e. The third-order valence-electron chi connectivity index (χ3n) is 4.15. The van der Waals surface area contributed by atoms with Crippen LogP contribution in [0.5, 0.6) is 5.75 Å². The molecule has 0 fully saturated rings. The molecule has 0 unspecified atom stereocenters. The summed E-state index contributed by atoms with van der Waals surface area (Å²) < 4.78 is 6.51. The number of aryl methyl sites for hydroxylation is 1. The van der Waals surface area contributed by atoms with E-state index in [0.29, 0.717) is 29.6 Å². The summed E-state index contributed by atoms with van der Waals surface area (Å²) in [4.78, 5) is 12.5. The zero-order valence-electron chi connectivity index (χ0n) is 15.4. The molecule has 27 heavy (non-hydrogen) atoms. The SMILES string of the molecule is CCOc1ccc(Cc2nnc(SCc3ccccc3C)n(N)c2=O)cc1. The molecular formula is C20H22N4O2S. The van der Waals surface area contributed by atoms with Crippen LogP contribution in [0.3, 0.4) is 0 Å². The van der Waals surface area contributed by atoms with Gasteiger partial charge in [-0.25, -0.2) is 0 Å². The highest BCUT2D eigenvalue weighted by Crippen LogP contribution is 2.21. The second-order valence-electron chi connectivity index (χ2n) is 6.07. The Morgan fingerprint density at radius 3 is 2.56 bits per heavy atom. The van der Waals surface area contributed by atoms with E-state index >= 15 is 0 Å². The Morgan fingerprint density at radius 1 is 1.11 bits per heavy atom. The molecule has 3 aromatic rings. The van der Waals surface area contributed by atoms with Crippen molar-refractivity contribution in [2.45, 2.75) is 31.2 Å². The Bertz CT molecular complexity index is 970. The van der Waals surface area contributed by atoms with Crippen LogP contribution in [0.2, 0.25) is 0 Å². The van der Waals surface area contributed by atoms with Gasteiger partial charge in [0.25, 0.3) is 5.56 Å². The highest BCUT2D eigenvalue weighted by Gasteiger charge is 2.12. The van der Waals surface area contributed by atoms with Crippen LogP contribution in [0.15, 0.2) is 58.5 Å². The second-order valence-corrected chi connectivity index (χ2v) is 7.02. The van der Waals surface area contributed by atoms with Crippen LogP contribution in [0.25, 0.3) is 0 Å². The number of rotatable bonds is 7. The molecular weight excluding hydrogens is 360 g/mol. The summed E-state index contributed by atoms with van der Waals surface area (Å²) in [6, 6.07) is 15.7. The fraction of sp³-hybridized carbons (Fsp3) is 0.250. The zero-order chi connectivity index (χ0) is 19.2. The molecule has 2 N–H and O–H groups in total. The molecule has 2 aromatic carbocycles. The number of nitrogens with zero attached hydrogens (tertiary/aromatic N) is 3. The van der Waals surface area contributed by atoms with Crippen molar-refractivity contribution in [1.29, 1.82) is 0 Å². The van der Waals surface area contributed by atoms with Crippen LogP contribution >= 0.6 is 11.8 Å². The molecule has 0 bridgehead atoms. The van der Waals surface area contributed by atoms with Crippen LogP contribution in [0.4, 0.5) is 0 Å². The maximum Gasteiger partial charge on any atom is 0.294 e. The van der Waals surface area contributed by atoms with E-state index in [4.69, 9.17) is 10.6 Å². The van der Waals surface area contributed by atoms with Gasteiger partial charge in [-0.3, -0.25) is 4.79 Å². The van der Waals surface area contributed by atoms with Crippen LogP contribution in [-0.4, -0.2) is 21.5 Å². The van der Waals surface area contributed by atoms with Crippen molar-refractivity contribution >= 4 is 11.8 Å². The molecule has 0 atom stereocenters. The van der Waals surface area contributed by atoms with Gasteiger partial charge in [-0.2, -0.15) is 4.68 Å². The van der Waals surface area contributed by atoms with Crippen molar-refractivity contribution in [2.24, 2.45) is 0 Å². The largest absolute Gasteiger partial charge is 0.494 e. The summed E-state index contributed by atoms with van der Waals surface area (Å²) in [7, 11) is 0. The summed E-state index contributed by atoms with van der Waals surface area (Å²) in [5, 5.41) is 8.67. The molecule has 0 saturated heterocycles. The molecule has 0 aliphatic rings. The average Bonchev–Trinajstić information content (AvgIpc) is 2.68. The molecule has 0 aliphatic carbocycles. The van der Waals surface area contributed by atoms with Crippen molar-refractivity contribution in [2.75, 3.05) is 12.4 Å². The van der Waals surface area contributed by atoms with E-state index in [-0.39, 0.29) is 5.56 Å². The fourth-order valence-electron chi connectivity index (χ4n) is 2.61. The van der Waals surface area contributed by atoms with E-state index in [2.05, 4.69) is 29.3 Å². The lowest BCUT2D eigenvalue weighted by atomic mass is 10.1. The summed E-state index contributed by atoms with van der Waals surface area (Å²) in [6.07, 6.45) is 0.373. The Morgan fingerprint density at radius 2 is 1.85 bits per heavy atom. The lowest BCUT2D eigenvalue weighted by Crippen LogP contribution is -2.33. The van der Waals surface area contributed by atoms with Crippen molar-refractivity contribution in [1.82, 2.24) is 14.9 Å². The van der Waals surface area contributed by atoms with Gasteiger partial charge in [0.1, 0.15) is 11.4 Å². The molecule has 0 amide bonds. The molecule has 3 rings (SSSR count). The predicted molar refractivity (Wildman–Crippen MR) is 108 cm³/mol. The topological polar surface area (TPSA) is 83.0 Å². The Labute approximate surface area is 162 Å². The van der Waals surface area contributed by atoms with E-state index in [9.17, 15) is 4.79 Å². The number of hydrogen-bond acceptors (Lipinski definition) is 6. The van der Waals surface area contributed by atoms with E-state index in [1.807, 2.05) is 43.3 Å². The highest BCUT2D eigenvalue weighted by molar-refractivity contribution is 7.98. The van der Waals surface area contributed by atoms with Gasteiger partial charge >= 0.3 is 0 Å². The van der Waals surface area contributed by atoms with Crippen molar-refractivity contribution in [3.05, 3.63) is 81.3 Å². The lowest BCUT2D eigenvalue weighted by Gasteiger charge is -2.09. The minimum atomic E-state index is -0.328. The van der Waals surface area contributed by atoms with Gasteiger partial charge in [0.15, 0.2) is 0 Å². The second kappa shape index (κ2) is 8.73. The number of benzene rings is 2. The Balaban J connectivity index is 1.72. The van der Waals surface area contributed by atoms with E-state index in [1.54, 1.807) is 0 Å². The van der Waals surface area contributed by atoms with Gasteiger partial charge in [-0.15, -0.1) is 10.2 Å². The first-order valence-corrected chi connectivity index (χ1v) is 9.69. The Kier molecular flexibility index (Phi) is 6.13. The minimum absolute atomic E-state index is 0.321. The minimum Gasteiger partial charge on any atom is -0.494 e. The van der Waals surface area contributed by atoms with E-state index < -0.39 is 0 Å². The van der Waals surface area contributed by atoms with Gasteiger partial charge in [0.2, 0.25) is 5.16 Å². The van der Waals surface area contributed by atoms with E-state index in [1.165, 1.54) is 22.9 Å². The molecule has 0 radical (unpaired) electrons. The lowest BCUT2D eigenvalue weighted by molar-refractivity contribution is 0.340. The summed E-state index contributed by atoms with van der Waals surface area (Å²) >= 11 is 1.40. The maximum atomic E-state index is 12.5. The van der Waals surface area contributed by atoms with Gasteiger partial charge in [-0.1, -0.05) is 48.2 Å². The molecule has 7 heteroatoms. The summed E-state index contributed by atoms with van der Waals surface area (Å²) in [5.41, 5.74) is 3.31. The molecule has 0 aliphatic heterocycles. The summed E-state index contributed by atoms with van der Waals surface area (Å²) in [5.74, 6) is 7.44. The van der Waals surface area contributed by atoms with Crippen molar-refractivity contribution in [3.63, 3.8) is 0 Å². The van der Waals surface area contributed by atoms with Crippen LogP contribution in [0.1, 0.15) is 29.3 Å². The molecule has 1 heterocycles. The van der Waals surface area contributed by atoms with Crippen LogP contribution < -0.4 is 16.1 Å². The number of ether oxygens (including phenoxy) is 1. The third kappa shape index (κ3) is 4.68. The first kappa shape index (κ1) is 19.0. The van der Waals surface area contributed by atoms with Crippen LogP contribution in [-0.2, 0) is 12.2 Å².